The van der Waals surface area contributed by atoms with Gasteiger partial charge >= 0.3 is 6.18 Å². The smallest absolute Gasteiger partial charge is 0.362 e. The fourth-order valence-corrected chi connectivity index (χ4v) is 1.25. The molecule has 0 saturated carbocycles. The van der Waals surface area contributed by atoms with Crippen molar-refractivity contribution < 1.29 is 18.0 Å². The Bertz CT molecular complexity index is 419. The van der Waals surface area contributed by atoms with Gasteiger partial charge in [0.25, 0.3) is 5.78 Å². The largest absolute Gasteiger partial charge is 0.455 e. The summed E-state index contributed by atoms with van der Waals surface area (Å²) in [6.45, 7) is 0. The molecule has 0 aliphatic heterocycles. The predicted octanol–water partition coefficient (Wildman–Crippen LogP) is 1.94. The second kappa shape index (κ2) is 4.25. The second-order valence-corrected chi connectivity index (χ2v) is 3.44. The average molecular weight is 254 g/mol. The molecule has 1 heterocycles. The van der Waals surface area contributed by atoms with E-state index in [9.17, 15) is 18.0 Å². The highest BCUT2D eigenvalue weighted by molar-refractivity contribution is 6.33. The van der Waals surface area contributed by atoms with E-state index in [-0.39, 0.29) is 5.82 Å². The molecule has 0 N–H and O–H groups in total. The quantitative estimate of drug-likeness (QED) is 0.597. The maximum Gasteiger partial charge on any atom is 0.455 e. The Labute approximate surface area is 94.1 Å². The summed E-state index contributed by atoms with van der Waals surface area (Å²) in [4.78, 5) is 19.3. The van der Waals surface area contributed by atoms with Crippen molar-refractivity contribution in [1.82, 2.24) is 9.97 Å². The number of carbonyl (C=O) groups excluding carboxylic acids is 1. The molecule has 4 nitrogen and oxygen atoms in total. The van der Waals surface area contributed by atoms with Gasteiger partial charge in [0.05, 0.1) is 0 Å². The van der Waals surface area contributed by atoms with Crippen molar-refractivity contribution in [3.05, 3.63) is 17.0 Å². The molecule has 0 unspecified atom stereocenters. The second-order valence-electron chi connectivity index (χ2n) is 3.08. The van der Waals surface area contributed by atoms with Crippen molar-refractivity contribution in [3.8, 4) is 0 Å². The van der Waals surface area contributed by atoms with Crippen molar-refractivity contribution in [2.24, 2.45) is 0 Å². The third kappa shape index (κ3) is 2.41. The van der Waals surface area contributed by atoms with Crippen LogP contribution in [0.2, 0.25) is 5.15 Å². The fourth-order valence-electron chi connectivity index (χ4n) is 1.03. The molecule has 0 saturated heterocycles. The van der Waals surface area contributed by atoms with Gasteiger partial charge < -0.3 is 4.90 Å². The van der Waals surface area contributed by atoms with Gasteiger partial charge in [0, 0.05) is 14.1 Å². The molecular formula is C8H7ClF3N3O. The standard InChI is InChI=1S/C8H7ClF3N3O/c1-15(2)7-4(5(16)8(10,11)12)6(9)13-3-14-7/h3H,1-2H3. The molecule has 0 amide bonds. The van der Waals surface area contributed by atoms with Gasteiger partial charge in [-0.25, -0.2) is 9.97 Å². The molecule has 16 heavy (non-hydrogen) atoms. The van der Waals surface area contributed by atoms with Crippen LogP contribution >= 0.6 is 11.6 Å². The first-order valence-corrected chi connectivity index (χ1v) is 4.42. The van der Waals surface area contributed by atoms with Crippen LogP contribution in [0.4, 0.5) is 19.0 Å². The molecule has 0 aliphatic carbocycles. The highest BCUT2D eigenvalue weighted by atomic mass is 35.5. The van der Waals surface area contributed by atoms with Crippen molar-refractivity contribution in [2.75, 3.05) is 19.0 Å². The number of hydrogen-bond acceptors (Lipinski definition) is 4. The zero-order valence-electron chi connectivity index (χ0n) is 8.34. The Morgan fingerprint density at radius 1 is 1.38 bits per heavy atom. The maximum absolute atomic E-state index is 12.3. The van der Waals surface area contributed by atoms with E-state index in [1.54, 1.807) is 0 Å². The van der Waals surface area contributed by atoms with Crippen LogP contribution in [0.5, 0.6) is 0 Å². The SMILES string of the molecule is CN(C)c1ncnc(Cl)c1C(=O)C(F)(F)F. The Morgan fingerprint density at radius 3 is 2.38 bits per heavy atom. The van der Waals surface area contributed by atoms with Gasteiger partial charge in [-0.2, -0.15) is 13.2 Å². The first kappa shape index (κ1) is 12.7. The van der Waals surface area contributed by atoms with Crippen molar-refractivity contribution in [1.29, 1.82) is 0 Å². The van der Waals surface area contributed by atoms with Gasteiger partial charge in [0.1, 0.15) is 22.9 Å². The van der Waals surface area contributed by atoms with Crippen LogP contribution in [-0.4, -0.2) is 36.0 Å². The molecular weight excluding hydrogens is 247 g/mol. The van der Waals surface area contributed by atoms with Crippen LogP contribution in [0.3, 0.4) is 0 Å². The number of anilines is 1. The Hall–Kier alpha value is -1.37. The molecule has 0 bridgehead atoms. The van der Waals surface area contributed by atoms with Crippen LogP contribution in [0, 0.1) is 0 Å². The Morgan fingerprint density at radius 2 is 1.94 bits per heavy atom. The van der Waals surface area contributed by atoms with Gasteiger partial charge in [0.2, 0.25) is 0 Å². The summed E-state index contributed by atoms with van der Waals surface area (Å²) < 4.78 is 36.8. The van der Waals surface area contributed by atoms with Crippen molar-refractivity contribution in [3.63, 3.8) is 0 Å². The van der Waals surface area contributed by atoms with Crippen LogP contribution in [-0.2, 0) is 0 Å². The Kier molecular flexibility index (Phi) is 3.37. The first-order valence-electron chi connectivity index (χ1n) is 4.04. The number of Topliss-reactive ketones (excluding diaryl/α,β-unsaturated/α-hetero) is 1. The van der Waals surface area contributed by atoms with E-state index in [2.05, 4.69) is 9.97 Å². The van der Waals surface area contributed by atoms with Crippen molar-refractivity contribution >= 4 is 23.2 Å². The van der Waals surface area contributed by atoms with E-state index in [0.717, 1.165) is 6.33 Å². The minimum absolute atomic E-state index is 0.165. The Balaban J connectivity index is 3.37. The van der Waals surface area contributed by atoms with Gasteiger partial charge in [-0.05, 0) is 0 Å². The monoisotopic (exact) mass is 253 g/mol. The number of nitrogens with zero attached hydrogens (tertiary/aromatic N) is 3. The number of halogens is 4. The molecule has 1 rings (SSSR count). The fraction of sp³-hybridized carbons (Fsp3) is 0.375. The van der Waals surface area contributed by atoms with E-state index < -0.39 is 22.7 Å². The van der Waals surface area contributed by atoms with Gasteiger partial charge in [-0.15, -0.1) is 0 Å². The van der Waals surface area contributed by atoms with E-state index >= 15 is 0 Å². The minimum Gasteiger partial charge on any atom is -0.362 e. The lowest BCUT2D eigenvalue weighted by Gasteiger charge is -2.16. The average Bonchev–Trinajstić information content (AvgIpc) is 2.14. The molecule has 1 aromatic heterocycles. The van der Waals surface area contributed by atoms with Crippen molar-refractivity contribution in [2.45, 2.75) is 6.18 Å². The van der Waals surface area contributed by atoms with Crippen LogP contribution in [0.25, 0.3) is 0 Å². The number of hydrogen-bond donors (Lipinski definition) is 0. The summed E-state index contributed by atoms with van der Waals surface area (Å²) in [5.41, 5.74) is -0.735. The number of aromatic nitrogens is 2. The molecule has 0 fully saturated rings. The van der Waals surface area contributed by atoms with E-state index in [0.29, 0.717) is 0 Å². The predicted molar refractivity (Wildman–Crippen MR) is 51.8 cm³/mol. The summed E-state index contributed by atoms with van der Waals surface area (Å²) in [5, 5.41) is -0.513. The summed E-state index contributed by atoms with van der Waals surface area (Å²) >= 11 is 5.48. The number of ketones is 1. The molecule has 88 valence electrons. The third-order valence-electron chi connectivity index (χ3n) is 1.69. The number of alkyl halides is 3. The summed E-state index contributed by atoms with van der Waals surface area (Å²) in [6, 6.07) is 0. The molecule has 8 heteroatoms. The van der Waals surface area contributed by atoms with Crippen LogP contribution < -0.4 is 4.90 Å². The molecule has 1 aromatic rings. The lowest BCUT2D eigenvalue weighted by atomic mass is 10.2. The zero-order chi connectivity index (χ0) is 12.5. The molecule has 0 spiro atoms. The lowest BCUT2D eigenvalue weighted by Crippen LogP contribution is -2.26. The number of rotatable bonds is 2. The van der Waals surface area contributed by atoms with E-state index in [4.69, 9.17) is 11.6 Å². The third-order valence-corrected chi connectivity index (χ3v) is 1.98. The van der Waals surface area contributed by atoms with E-state index in [1.807, 2.05) is 0 Å². The molecule has 0 atom stereocenters. The molecule has 0 radical (unpaired) electrons. The first-order chi connectivity index (χ1) is 7.25. The van der Waals surface area contributed by atoms with Crippen LogP contribution in [0.15, 0.2) is 6.33 Å². The van der Waals surface area contributed by atoms with E-state index in [1.165, 1.54) is 19.0 Å². The molecule has 0 aliphatic rings. The maximum atomic E-state index is 12.3. The minimum atomic E-state index is -5.00. The highest BCUT2D eigenvalue weighted by Crippen LogP contribution is 2.29. The van der Waals surface area contributed by atoms with Gasteiger partial charge in [0.15, 0.2) is 0 Å². The summed E-state index contributed by atoms with van der Waals surface area (Å²) in [7, 11) is 2.90. The zero-order valence-corrected chi connectivity index (χ0v) is 9.10. The lowest BCUT2D eigenvalue weighted by molar-refractivity contribution is -0.0885. The normalized spacial score (nSPS) is 11.4. The number of carbonyl (C=O) groups is 1. The van der Waals surface area contributed by atoms with Crippen LogP contribution in [0.1, 0.15) is 10.4 Å². The topological polar surface area (TPSA) is 46.1 Å². The molecule has 0 aromatic carbocycles. The summed E-state index contributed by atoms with van der Waals surface area (Å²) in [6.07, 6.45) is -4.01. The van der Waals surface area contributed by atoms with Gasteiger partial charge in [-0.3, -0.25) is 4.79 Å². The summed E-state index contributed by atoms with van der Waals surface area (Å²) in [5.74, 6) is -2.22. The highest BCUT2D eigenvalue weighted by Gasteiger charge is 2.42. The van der Waals surface area contributed by atoms with Gasteiger partial charge in [-0.1, -0.05) is 11.6 Å².